The molecule has 0 bridgehead atoms. The number of carbonyl (C=O) groups excluding carboxylic acids is 1. The minimum absolute atomic E-state index is 0.683. The van der Waals surface area contributed by atoms with Gasteiger partial charge in [0.2, 0.25) is 0 Å². The SMILES string of the molecule is [NH]C(=O)Nc1cccc2ccccc12. The Balaban J connectivity index is 2.59. The Morgan fingerprint density at radius 1 is 1.07 bits per heavy atom. The molecule has 0 heterocycles. The van der Waals surface area contributed by atoms with Crippen LogP contribution >= 0.6 is 0 Å². The van der Waals surface area contributed by atoms with Gasteiger partial charge < -0.3 is 5.32 Å². The summed E-state index contributed by atoms with van der Waals surface area (Å²) in [6, 6.07) is 12.5. The molecule has 0 aromatic heterocycles. The lowest BCUT2D eigenvalue weighted by atomic mass is 10.1. The molecule has 2 aromatic carbocycles. The van der Waals surface area contributed by atoms with Crippen molar-refractivity contribution in [1.82, 2.24) is 5.73 Å². The maximum atomic E-state index is 10.6. The minimum Gasteiger partial charge on any atom is -0.306 e. The summed E-state index contributed by atoms with van der Waals surface area (Å²) < 4.78 is 0. The molecule has 0 aliphatic rings. The first-order valence-corrected chi connectivity index (χ1v) is 4.28. The molecule has 1 radical (unpaired) electrons. The first-order valence-electron chi connectivity index (χ1n) is 4.28. The van der Waals surface area contributed by atoms with E-state index >= 15 is 0 Å². The second-order valence-corrected chi connectivity index (χ2v) is 2.98. The predicted molar refractivity (Wildman–Crippen MR) is 56.1 cm³/mol. The fraction of sp³-hybridized carbons (Fsp3) is 0. The van der Waals surface area contributed by atoms with Gasteiger partial charge in [0, 0.05) is 5.39 Å². The second kappa shape index (κ2) is 3.38. The Hall–Kier alpha value is -2.03. The van der Waals surface area contributed by atoms with Crippen LogP contribution in [0.4, 0.5) is 10.5 Å². The van der Waals surface area contributed by atoms with Gasteiger partial charge >= 0.3 is 6.03 Å². The van der Waals surface area contributed by atoms with E-state index in [-0.39, 0.29) is 0 Å². The molecule has 2 rings (SSSR count). The van der Waals surface area contributed by atoms with Crippen LogP contribution in [-0.2, 0) is 0 Å². The number of rotatable bonds is 1. The summed E-state index contributed by atoms with van der Waals surface area (Å²) in [4.78, 5) is 10.6. The average molecular weight is 185 g/mol. The van der Waals surface area contributed by atoms with Crippen molar-refractivity contribution in [2.24, 2.45) is 0 Å². The van der Waals surface area contributed by atoms with E-state index in [1.165, 1.54) is 0 Å². The first-order chi connectivity index (χ1) is 6.77. The number of anilines is 1. The lowest BCUT2D eigenvalue weighted by Gasteiger charge is -2.05. The molecule has 0 fully saturated rings. The second-order valence-electron chi connectivity index (χ2n) is 2.98. The zero-order valence-corrected chi connectivity index (χ0v) is 7.45. The van der Waals surface area contributed by atoms with Crippen molar-refractivity contribution in [2.45, 2.75) is 0 Å². The van der Waals surface area contributed by atoms with Crippen molar-refractivity contribution in [3.8, 4) is 0 Å². The summed E-state index contributed by atoms with van der Waals surface area (Å²) in [6.07, 6.45) is 0. The zero-order valence-electron chi connectivity index (χ0n) is 7.45. The standard InChI is InChI=1S/C11H9N2O/c12-11(14)13-10-7-3-5-8-4-1-2-6-9(8)10/h1-7,12H,(H,13,14). The maximum Gasteiger partial charge on any atom is 0.337 e. The van der Waals surface area contributed by atoms with Gasteiger partial charge in [-0.1, -0.05) is 36.4 Å². The molecule has 0 saturated carbocycles. The number of benzene rings is 2. The van der Waals surface area contributed by atoms with E-state index < -0.39 is 6.03 Å². The normalized spacial score (nSPS) is 10.0. The molecule has 0 unspecified atom stereocenters. The van der Waals surface area contributed by atoms with Crippen LogP contribution in [-0.4, -0.2) is 6.03 Å². The molecule has 0 saturated heterocycles. The van der Waals surface area contributed by atoms with Crippen molar-refractivity contribution in [2.75, 3.05) is 5.32 Å². The van der Waals surface area contributed by atoms with E-state index in [9.17, 15) is 4.79 Å². The molecule has 0 spiro atoms. The van der Waals surface area contributed by atoms with E-state index in [0.717, 1.165) is 10.8 Å². The Bertz CT molecular complexity index is 474. The molecule has 14 heavy (non-hydrogen) atoms. The van der Waals surface area contributed by atoms with Crippen molar-refractivity contribution in [3.05, 3.63) is 42.5 Å². The lowest BCUT2D eigenvalue weighted by Crippen LogP contribution is -2.09. The third-order valence-corrected chi connectivity index (χ3v) is 2.04. The Labute approximate surface area is 81.5 Å². The van der Waals surface area contributed by atoms with Gasteiger partial charge in [-0.05, 0) is 11.5 Å². The van der Waals surface area contributed by atoms with E-state index in [1.807, 2.05) is 36.4 Å². The highest BCUT2D eigenvalue weighted by Gasteiger charge is 2.01. The number of hydrogen-bond donors (Lipinski definition) is 1. The van der Waals surface area contributed by atoms with Crippen LogP contribution in [0.15, 0.2) is 42.5 Å². The molecule has 2 aromatic rings. The fourth-order valence-corrected chi connectivity index (χ4v) is 1.46. The summed E-state index contributed by atoms with van der Waals surface area (Å²) in [6.45, 7) is 0. The highest BCUT2D eigenvalue weighted by Crippen LogP contribution is 2.22. The van der Waals surface area contributed by atoms with Crippen LogP contribution in [0, 0.1) is 0 Å². The van der Waals surface area contributed by atoms with Crippen LogP contribution in [0.2, 0.25) is 0 Å². The van der Waals surface area contributed by atoms with Crippen LogP contribution in [0.1, 0.15) is 0 Å². The largest absolute Gasteiger partial charge is 0.337 e. The molecule has 2 N–H and O–H groups in total. The topological polar surface area (TPSA) is 52.9 Å². The molecule has 0 atom stereocenters. The first kappa shape index (κ1) is 8.56. The number of hydrogen-bond acceptors (Lipinski definition) is 1. The van der Waals surface area contributed by atoms with Crippen molar-refractivity contribution < 1.29 is 4.79 Å². The molecule has 3 heteroatoms. The summed E-state index contributed by atoms with van der Waals surface area (Å²) in [5.41, 5.74) is 7.52. The molecule has 69 valence electrons. The van der Waals surface area contributed by atoms with Crippen LogP contribution in [0.5, 0.6) is 0 Å². The maximum absolute atomic E-state index is 10.6. The third kappa shape index (κ3) is 1.52. The average Bonchev–Trinajstić information content (AvgIpc) is 2.18. The lowest BCUT2D eigenvalue weighted by molar-refractivity contribution is 0.258. The van der Waals surface area contributed by atoms with Crippen molar-refractivity contribution in [1.29, 1.82) is 0 Å². The molecule has 0 aliphatic carbocycles. The summed E-state index contributed by atoms with van der Waals surface area (Å²) in [5, 5.41) is 4.48. The smallest absolute Gasteiger partial charge is 0.306 e. The molecule has 0 aliphatic heterocycles. The fourth-order valence-electron chi connectivity index (χ4n) is 1.46. The summed E-state index contributed by atoms with van der Waals surface area (Å²) in [7, 11) is 0. The monoisotopic (exact) mass is 185 g/mol. The van der Waals surface area contributed by atoms with Gasteiger partial charge in [0.15, 0.2) is 0 Å². The van der Waals surface area contributed by atoms with Crippen LogP contribution in [0.3, 0.4) is 0 Å². The van der Waals surface area contributed by atoms with E-state index in [1.54, 1.807) is 6.07 Å². The summed E-state index contributed by atoms with van der Waals surface area (Å²) >= 11 is 0. The quantitative estimate of drug-likeness (QED) is 0.729. The van der Waals surface area contributed by atoms with Crippen LogP contribution in [0.25, 0.3) is 10.8 Å². The van der Waals surface area contributed by atoms with Gasteiger partial charge in [-0.25, -0.2) is 10.5 Å². The highest BCUT2D eigenvalue weighted by atomic mass is 16.2. The van der Waals surface area contributed by atoms with Gasteiger partial charge in [-0.3, -0.25) is 0 Å². The molecular weight excluding hydrogens is 176 g/mol. The highest BCUT2D eigenvalue weighted by molar-refractivity contribution is 6.00. The number of fused-ring (bicyclic) bond motifs is 1. The van der Waals surface area contributed by atoms with Gasteiger partial charge in [-0.2, -0.15) is 0 Å². The molecule has 2 amide bonds. The van der Waals surface area contributed by atoms with Gasteiger partial charge in [0.05, 0.1) is 5.69 Å². The van der Waals surface area contributed by atoms with E-state index in [0.29, 0.717) is 5.69 Å². The zero-order chi connectivity index (χ0) is 9.97. The minimum atomic E-state index is -0.790. The van der Waals surface area contributed by atoms with E-state index in [2.05, 4.69) is 5.32 Å². The third-order valence-electron chi connectivity index (χ3n) is 2.04. The Morgan fingerprint density at radius 2 is 1.79 bits per heavy atom. The van der Waals surface area contributed by atoms with Gasteiger partial charge in [0.25, 0.3) is 0 Å². The van der Waals surface area contributed by atoms with Crippen molar-refractivity contribution in [3.63, 3.8) is 0 Å². The van der Waals surface area contributed by atoms with Crippen LogP contribution < -0.4 is 11.1 Å². The Morgan fingerprint density at radius 3 is 2.57 bits per heavy atom. The number of urea groups is 1. The predicted octanol–water partition coefficient (Wildman–Crippen LogP) is 2.65. The number of nitrogens with one attached hydrogen (secondary N) is 2. The van der Waals surface area contributed by atoms with Gasteiger partial charge in [-0.15, -0.1) is 0 Å². The number of amides is 2. The summed E-state index contributed by atoms with van der Waals surface area (Å²) in [5.74, 6) is 0. The Kier molecular flexibility index (Phi) is 2.07. The molecular formula is C11H9N2O. The van der Waals surface area contributed by atoms with E-state index in [4.69, 9.17) is 5.73 Å². The van der Waals surface area contributed by atoms with Gasteiger partial charge in [0.1, 0.15) is 0 Å². The molecule has 3 nitrogen and oxygen atoms in total. The van der Waals surface area contributed by atoms with Crippen molar-refractivity contribution >= 4 is 22.5 Å². The number of carbonyl (C=O) groups is 1.